The van der Waals surface area contributed by atoms with E-state index < -0.39 is 0 Å². The molecule has 0 bridgehead atoms. The lowest BCUT2D eigenvalue weighted by atomic mass is 10.1. The van der Waals surface area contributed by atoms with Crippen molar-refractivity contribution in [3.8, 4) is 6.07 Å². The van der Waals surface area contributed by atoms with Gasteiger partial charge < -0.3 is 5.73 Å². The third-order valence-electron chi connectivity index (χ3n) is 2.41. The van der Waals surface area contributed by atoms with Crippen molar-refractivity contribution in [2.75, 3.05) is 5.73 Å². The summed E-state index contributed by atoms with van der Waals surface area (Å²) in [5.74, 6) is 0.506. The van der Waals surface area contributed by atoms with Crippen LogP contribution in [0.3, 0.4) is 0 Å². The Morgan fingerprint density at radius 2 is 2.00 bits per heavy atom. The minimum atomic E-state index is 0.480. The molecular formula is C13H10ClN3. The lowest BCUT2D eigenvalue weighted by Gasteiger charge is -2.03. The molecule has 2 aromatic rings. The van der Waals surface area contributed by atoms with Crippen molar-refractivity contribution >= 4 is 17.4 Å². The zero-order valence-corrected chi connectivity index (χ0v) is 9.78. The van der Waals surface area contributed by atoms with E-state index in [-0.39, 0.29) is 0 Å². The Morgan fingerprint density at radius 1 is 1.24 bits per heavy atom. The normalized spacial score (nSPS) is 9.88. The number of nitrogens with zero attached hydrogens (tertiary/aromatic N) is 2. The van der Waals surface area contributed by atoms with Gasteiger partial charge in [-0.3, -0.25) is 0 Å². The first-order chi connectivity index (χ1) is 8.19. The highest BCUT2D eigenvalue weighted by atomic mass is 35.5. The summed E-state index contributed by atoms with van der Waals surface area (Å²) in [5, 5.41) is 9.25. The largest absolute Gasteiger partial charge is 0.384 e. The quantitative estimate of drug-likeness (QED) is 0.882. The van der Waals surface area contributed by atoms with Crippen LogP contribution in [-0.4, -0.2) is 4.98 Å². The van der Waals surface area contributed by atoms with E-state index in [9.17, 15) is 0 Å². The number of nitrogen functional groups attached to an aromatic ring is 1. The molecule has 0 aliphatic carbocycles. The van der Waals surface area contributed by atoms with Crippen molar-refractivity contribution in [1.82, 2.24) is 4.98 Å². The molecule has 2 rings (SSSR count). The van der Waals surface area contributed by atoms with E-state index in [1.54, 1.807) is 24.4 Å². The monoisotopic (exact) mass is 243 g/mol. The van der Waals surface area contributed by atoms with Crippen LogP contribution in [-0.2, 0) is 6.42 Å². The Bertz CT molecular complexity index is 570. The summed E-state index contributed by atoms with van der Waals surface area (Å²) in [6.45, 7) is 0. The minimum Gasteiger partial charge on any atom is -0.384 e. The van der Waals surface area contributed by atoms with Gasteiger partial charge in [0.25, 0.3) is 0 Å². The summed E-state index contributed by atoms with van der Waals surface area (Å²) in [7, 11) is 0. The number of hydrogen-bond donors (Lipinski definition) is 1. The fourth-order valence-electron chi connectivity index (χ4n) is 1.54. The van der Waals surface area contributed by atoms with Crippen molar-refractivity contribution in [1.29, 1.82) is 5.26 Å². The maximum absolute atomic E-state index is 8.77. The summed E-state index contributed by atoms with van der Waals surface area (Å²) in [5.41, 5.74) is 8.10. The smallest absolute Gasteiger partial charge is 0.123 e. The topological polar surface area (TPSA) is 62.7 Å². The van der Waals surface area contributed by atoms with Crippen LogP contribution in [0.15, 0.2) is 36.5 Å². The molecule has 0 aliphatic rings. The summed E-state index contributed by atoms with van der Waals surface area (Å²) in [4.78, 5) is 4.02. The van der Waals surface area contributed by atoms with Crippen LogP contribution in [0.5, 0.6) is 0 Å². The van der Waals surface area contributed by atoms with E-state index in [4.69, 9.17) is 22.6 Å². The first-order valence-electron chi connectivity index (χ1n) is 5.08. The number of halogens is 1. The number of anilines is 1. The molecule has 1 aromatic heterocycles. The van der Waals surface area contributed by atoms with Crippen LogP contribution in [0.2, 0.25) is 5.02 Å². The molecular weight excluding hydrogens is 234 g/mol. The predicted molar refractivity (Wildman–Crippen MR) is 67.6 cm³/mol. The van der Waals surface area contributed by atoms with Crippen LogP contribution in [0.25, 0.3) is 0 Å². The third-order valence-corrected chi connectivity index (χ3v) is 2.72. The molecule has 17 heavy (non-hydrogen) atoms. The molecule has 0 fully saturated rings. The van der Waals surface area contributed by atoms with E-state index in [2.05, 4.69) is 4.98 Å². The Labute approximate surface area is 104 Å². The highest BCUT2D eigenvalue weighted by Crippen LogP contribution is 2.19. The van der Waals surface area contributed by atoms with Crippen LogP contribution in [0.4, 0.5) is 5.82 Å². The Balaban J connectivity index is 2.22. The number of aromatic nitrogens is 1. The minimum absolute atomic E-state index is 0.480. The van der Waals surface area contributed by atoms with Crippen molar-refractivity contribution in [3.05, 3.63) is 58.2 Å². The maximum Gasteiger partial charge on any atom is 0.123 e. The highest BCUT2D eigenvalue weighted by molar-refractivity contribution is 6.31. The fraction of sp³-hybridized carbons (Fsp3) is 0.0769. The lowest BCUT2D eigenvalue weighted by Crippen LogP contribution is -1.93. The molecule has 0 radical (unpaired) electrons. The molecule has 0 unspecified atom stereocenters. The van der Waals surface area contributed by atoms with Crippen molar-refractivity contribution in [3.63, 3.8) is 0 Å². The zero-order chi connectivity index (χ0) is 12.3. The van der Waals surface area contributed by atoms with Gasteiger partial charge in [-0.1, -0.05) is 23.7 Å². The van der Waals surface area contributed by atoms with Gasteiger partial charge in [0.2, 0.25) is 0 Å². The number of nitrogens with two attached hydrogens (primary N) is 1. The Morgan fingerprint density at radius 3 is 2.59 bits per heavy atom. The Kier molecular flexibility index (Phi) is 3.27. The van der Waals surface area contributed by atoms with Crippen molar-refractivity contribution in [2.45, 2.75) is 6.42 Å². The lowest BCUT2D eigenvalue weighted by molar-refractivity contribution is 1.15. The van der Waals surface area contributed by atoms with Gasteiger partial charge in [-0.15, -0.1) is 0 Å². The molecule has 4 heteroatoms. The predicted octanol–water partition coefficient (Wildman–Crippen LogP) is 2.78. The van der Waals surface area contributed by atoms with Crippen molar-refractivity contribution < 1.29 is 0 Å². The molecule has 0 spiro atoms. The van der Waals surface area contributed by atoms with Crippen LogP contribution < -0.4 is 5.73 Å². The molecule has 0 saturated carbocycles. The van der Waals surface area contributed by atoms with Gasteiger partial charge in [0, 0.05) is 6.20 Å². The standard InChI is InChI=1S/C13H10ClN3/c14-12-6-9(1-3-11(12)7-15)5-10-2-4-13(16)17-8-10/h1-4,6,8H,5H2,(H2,16,17). The van der Waals surface area contributed by atoms with E-state index in [1.807, 2.05) is 18.2 Å². The van der Waals surface area contributed by atoms with Gasteiger partial charge in [-0.05, 0) is 35.7 Å². The number of rotatable bonds is 2. The molecule has 0 saturated heterocycles. The number of hydrogen-bond acceptors (Lipinski definition) is 3. The SMILES string of the molecule is N#Cc1ccc(Cc2ccc(N)nc2)cc1Cl. The average molecular weight is 244 g/mol. The molecule has 0 amide bonds. The number of benzene rings is 1. The average Bonchev–Trinajstić information content (AvgIpc) is 2.32. The molecule has 84 valence electrons. The number of nitriles is 1. The summed E-state index contributed by atoms with van der Waals surface area (Å²) in [6, 6.07) is 11.1. The van der Waals surface area contributed by atoms with Gasteiger partial charge in [-0.25, -0.2) is 4.98 Å². The second-order valence-electron chi connectivity index (χ2n) is 3.69. The van der Waals surface area contributed by atoms with E-state index in [1.165, 1.54) is 0 Å². The van der Waals surface area contributed by atoms with Crippen molar-refractivity contribution in [2.24, 2.45) is 0 Å². The summed E-state index contributed by atoms with van der Waals surface area (Å²) >= 11 is 5.96. The maximum atomic E-state index is 8.77. The first-order valence-corrected chi connectivity index (χ1v) is 5.46. The molecule has 2 N–H and O–H groups in total. The van der Waals surface area contributed by atoms with E-state index in [0.29, 0.717) is 16.4 Å². The van der Waals surface area contributed by atoms with Crippen LogP contribution in [0, 0.1) is 11.3 Å². The highest BCUT2D eigenvalue weighted by Gasteiger charge is 2.02. The molecule has 1 aromatic carbocycles. The molecule has 3 nitrogen and oxygen atoms in total. The zero-order valence-electron chi connectivity index (χ0n) is 9.02. The molecule has 1 heterocycles. The van der Waals surface area contributed by atoms with E-state index >= 15 is 0 Å². The van der Waals surface area contributed by atoms with Gasteiger partial charge in [-0.2, -0.15) is 5.26 Å². The second-order valence-corrected chi connectivity index (χ2v) is 4.10. The molecule has 0 aliphatic heterocycles. The van der Waals surface area contributed by atoms with Gasteiger partial charge >= 0.3 is 0 Å². The fourth-order valence-corrected chi connectivity index (χ4v) is 1.78. The first kappa shape index (κ1) is 11.4. The Hall–Kier alpha value is -2.05. The van der Waals surface area contributed by atoms with Crippen LogP contribution in [0.1, 0.15) is 16.7 Å². The van der Waals surface area contributed by atoms with Gasteiger partial charge in [0.15, 0.2) is 0 Å². The second kappa shape index (κ2) is 4.86. The van der Waals surface area contributed by atoms with E-state index in [0.717, 1.165) is 17.5 Å². The number of pyridine rings is 1. The summed E-state index contributed by atoms with van der Waals surface area (Å²) < 4.78 is 0. The van der Waals surface area contributed by atoms with Gasteiger partial charge in [0.05, 0.1) is 10.6 Å². The van der Waals surface area contributed by atoms with Gasteiger partial charge in [0.1, 0.15) is 11.9 Å². The van der Waals surface area contributed by atoms with Crippen LogP contribution >= 0.6 is 11.6 Å². The summed E-state index contributed by atoms with van der Waals surface area (Å²) in [6.07, 6.45) is 2.46. The molecule has 0 atom stereocenters. The third kappa shape index (κ3) is 2.74.